The summed E-state index contributed by atoms with van der Waals surface area (Å²) in [6.07, 6.45) is 2.71. The lowest BCUT2D eigenvalue weighted by Crippen LogP contribution is -1.90. The van der Waals surface area contributed by atoms with Crippen LogP contribution in [0.3, 0.4) is 0 Å². The summed E-state index contributed by atoms with van der Waals surface area (Å²) in [5.74, 6) is 0. The Bertz CT molecular complexity index is 577. The average Bonchev–Trinajstić information content (AvgIpc) is 2.87. The third-order valence-electron chi connectivity index (χ3n) is 2.27. The summed E-state index contributed by atoms with van der Waals surface area (Å²) in [7, 11) is 1.82. The smallest absolute Gasteiger partial charge is 0.294 e. The molecular formula is C10H11N3O3S2. The molecule has 18 heavy (non-hydrogen) atoms. The van der Waals surface area contributed by atoms with Gasteiger partial charge in [-0.2, -0.15) is 0 Å². The highest BCUT2D eigenvalue weighted by Gasteiger charge is 2.22. The first kappa shape index (κ1) is 13.1. The van der Waals surface area contributed by atoms with E-state index in [9.17, 15) is 15.2 Å². The van der Waals surface area contributed by atoms with Gasteiger partial charge in [-0.3, -0.25) is 10.1 Å². The summed E-state index contributed by atoms with van der Waals surface area (Å²) in [4.78, 5) is 15.2. The Balaban J connectivity index is 2.37. The molecule has 0 spiro atoms. The number of rotatable bonds is 4. The minimum Gasteiger partial charge on any atom is -0.388 e. The van der Waals surface area contributed by atoms with Gasteiger partial charge in [-0.25, -0.2) is 4.98 Å². The first-order valence-electron chi connectivity index (χ1n) is 5.10. The van der Waals surface area contributed by atoms with Gasteiger partial charge >= 0.3 is 0 Å². The number of aliphatic hydroxyl groups excluding tert-OH is 1. The van der Waals surface area contributed by atoms with Gasteiger partial charge in [-0.1, -0.05) is 0 Å². The molecule has 8 heteroatoms. The van der Waals surface area contributed by atoms with E-state index in [4.69, 9.17) is 0 Å². The molecule has 0 aliphatic heterocycles. The van der Waals surface area contributed by atoms with Gasteiger partial charge in [0.25, 0.3) is 5.69 Å². The summed E-state index contributed by atoms with van der Waals surface area (Å²) in [5.41, 5.74) is 0.0175. The maximum atomic E-state index is 11.0. The highest BCUT2D eigenvalue weighted by Crippen LogP contribution is 2.42. The van der Waals surface area contributed by atoms with E-state index in [1.807, 2.05) is 7.05 Å². The quantitative estimate of drug-likeness (QED) is 0.689. The van der Waals surface area contributed by atoms with Crippen LogP contribution in [0.15, 0.2) is 27.8 Å². The number of thiophene rings is 1. The van der Waals surface area contributed by atoms with E-state index < -0.39 is 11.0 Å². The topological polar surface area (TPSA) is 81.2 Å². The molecular weight excluding hydrogens is 274 g/mol. The third-order valence-corrected chi connectivity index (χ3v) is 4.83. The molecule has 0 aliphatic rings. The van der Waals surface area contributed by atoms with Crippen LogP contribution in [-0.4, -0.2) is 19.6 Å². The van der Waals surface area contributed by atoms with Crippen molar-refractivity contribution in [1.82, 2.24) is 9.55 Å². The number of imidazole rings is 1. The zero-order valence-electron chi connectivity index (χ0n) is 9.73. The van der Waals surface area contributed by atoms with Crippen molar-refractivity contribution in [3.63, 3.8) is 0 Å². The van der Waals surface area contributed by atoms with E-state index in [0.717, 1.165) is 0 Å². The van der Waals surface area contributed by atoms with Crippen molar-refractivity contribution in [2.45, 2.75) is 22.4 Å². The van der Waals surface area contributed by atoms with E-state index in [1.54, 1.807) is 23.9 Å². The Labute approximate surface area is 111 Å². The van der Waals surface area contributed by atoms with Gasteiger partial charge in [0.05, 0.1) is 11.0 Å². The molecule has 1 N–H and O–H groups in total. The molecule has 2 aromatic heterocycles. The number of hydrogen-bond donors (Lipinski definition) is 1. The minimum atomic E-state index is -0.704. The summed E-state index contributed by atoms with van der Waals surface area (Å²) in [5, 5.41) is 21.1. The second-order valence-electron chi connectivity index (χ2n) is 3.68. The first-order chi connectivity index (χ1) is 8.49. The van der Waals surface area contributed by atoms with E-state index >= 15 is 0 Å². The van der Waals surface area contributed by atoms with Gasteiger partial charge in [0.1, 0.15) is 4.21 Å². The lowest BCUT2D eigenvalue weighted by Gasteiger charge is -1.98. The van der Waals surface area contributed by atoms with E-state index in [-0.39, 0.29) is 5.69 Å². The largest absolute Gasteiger partial charge is 0.388 e. The summed E-state index contributed by atoms with van der Waals surface area (Å²) >= 11 is 2.45. The monoisotopic (exact) mass is 285 g/mol. The molecule has 0 fully saturated rings. The molecule has 0 aliphatic carbocycles. The fourth-order valence-electron chi connectivity index (χ4n) is 1.32. The number of nitrogens with zero attached hydrogens (tertiary/aromatic N) is 3. The molecule has 0 amide bonds. The molecule has 0 radical (unpaired) electrons. The van der Waals surface area contributed by atoms with Crippen LogP contribution < -0.4 is 0 Å². The minimum absolute atomic E-state index is 0.0175. The number of nitro groups is 1. The number of aryl methyl sites for hydroxylation is 1. The lowest BCUT2D eigenvalue weighted by molar-refractivity contribution is -0.387. The number of aromatic nitrogens is 2. The molecule has 2 rings (SSSR count). The summed E-state index contributed by atoms with van der Waals surface area (Å²) < 4.78 is 2.32. The van der Waals surface area contributed by atoms with Gasteiger partial charge in [0.15, 0.2) is 5.16 Å². The van der Waals surface area contributed by atoms with E-state index in [1.165, 1.54) is 29.2 Å². The van der Waals surface area contributed by atoms with Crippen molar-refractivity contribution in [2.75, 3.05) is 0 Å². The summed E-state index contributed by atoms with van der Waals surface area (Å²) in [6, 6.07) is 1.42. The highest BCUT2D eigenvalue weighted by molar-refractivity contribution is 8.01. The zero-order chi connectivity index (χ0) is 13.3. The predicted molar refractivity (Wildman–Crippen MR) is 68.9 cm³/mol. The Morgan fingerprint density at radius 2 is 2.39 bits per heavy atom. The molecule has 0 aromatic carbocycles. The second-order valence-corrected chi connectivity index (χ2v) is 6.00. The Morgan fingerprint density at radius 3 is 2.89 bits per heavy atom. The van der Waals surface area contributed by atoms with Crippen LogP contribution in [0.5, 0.6) is 0 Å². The van der Waals surface area contributed by atoms with Crippen LogP contribution in [0, 0.1) is 10.1 Å². The lowest BCUT2D eigenvalue weighted by atomic mass is 10.3. The molecule has 2 heterocycles. The van der Waals surface area contributed by atoms with Crippen molar-refractivity contribution in [3.05, 3.63) is 33.5 Å². The Hall–Kier alpha value is -1.38. The van der Waals surface area contributed by atoms with Gasteiger partial charge in [-0.15, -0.1) is 11.3 Å². The van der Waals surface area contributed by atoms with Crippen molar-refractivity contribution < 1.29 is 10.0 Å². The fourth-order valence-corrected chi connectivity index (χ4v) is 3.52. The second kappa shape index (κ2) is 5.09. The van der Waals surface area contributed by atoms with Crippen LogP contribution in [0.2, 0.25) is 0 Å². The van der Waals surface area contributed by atoms with Gasteiger partial charge in [0, 0.05) is 30.4 Å². The molecule has 6 nitrogen and oxygen atoms in total. The molecule has 0 saturated heterocycles. The van der Waals surface area contributed by atoms with Gasteiger partial charge < -0.3 is 9.67 Å². The van der Waals surface area contributed by atoms with Crippen LogP contribution >= 0.6 is 23.1 Å². The van der Waals surface area contributed by atoms with Crippen LogP contribution in [0.1, 0.15) is 17.9 Å². The molecule has 0 bridgehead atoms. The third kappa shape index (κ3) is 2.55. The zero-order valence-corrected chi connectivity index (χ0v) is 11.4. The average molecular weight is 285 g/mol. The van der Waals surface area contributed by atoms with Crippen molar-refractivity contribution in [1.29, 1.82) is 0 Å². The first-order valence-corrected chi connectivity index (χ1v) is 6.73. The van der Waals surface area contributed by atoms with Gasteiger partial charge in [0.2, 0.25) is 0 Å². The van der Waals surface area contributed by atoms with Crippen molar-refractivity contribution in [2.24, 2.45) is 7.05 Å². The maximum absolute atomic E-state index is 11.0. The normalized spacial score (nSPS) is 12.6. The fraction of sp³-hybridized carbons (Fsp3) is 0.300. The van der Waals surface area contributed by atoms with E-state index in [0.29, 0.717) is 14.2 Å². The molecule has 2 aromatic rings. The Kier molecular flexibility index (Phi) is 3.69. The van der Waals surface area contributed by atoms with Gasteiger partial charge in [-0.05, 0) is 18.7 Å². The van der Waals surface area contributed by atoms with E-state index in [2.05, 4.69) is 4.98 Å². The SMILES string of the molecule is C[C@H](O)c1cc([N+](=O)[O-])c(Sc2nccn2C)s1. The summed E-state index contributed by atoms with van der Waals surface area (Å²) in [6.45, 7) is 1.59. The number of hydrogen-bond acceptors (Lipinski definition) is 6. The standard InChI is InChI=1S/C10H11N3O3S2/c1-6(14)8-5-7(13(15)16)9(17-8)18-10-11-3-4-12(10)2/h3-6,14H,1-2H3/t6-/m0/s1. The molecule has 0 saturated carbocycles. The number of aliphatic hydroxyl groups is 1. The van der Waals surface area contributed by atoms with Crippen LogP contribution in [0.4, 0.5) is 5.69 Å². The van der Waals surface area contributed by atoms with Crippen LogP contribution in [-0.2, 0) is 7.05 Å². The molecule has 96 valence electrons. The predicted octanol–water partition coefficient (Wildman–Crippen LogP) is 2.59. The highest BCUT2D eigenvalue weighted by atomic mass is 32.2. The van der Waals surface area contributed by atoms with Crippen molar-refractivity contribution in [3.8, 4) is 0 Å². The van der Waals surface area contributed by atoms with Crippen molar-refractivity contribution >= 4 is 28.8 Å². The maximum Gasteiger partial charge on any atom is 0.294 e. The van der Waals surface area contributed by atoms with Crippen LogP contribution in [0.25, 0.3) is 0 Å². The Morgan fingerprint density at radius 1 is 1.67 bits per heavy atom. The molecule has 1 atom stereocenters. The molecule has 0 unspecified atom stereocenters.